The summed E-state index contributed by atoms with van der Waals surface area (Å²) in [6.45, 7) is 8.01. The van der Waals surface area contributed by atoms with Crippen LogP contribution in [0, 0.1) is 5.92 Å². The van der Waals surface area contributed by atoms with E-state index in [-0.39, 0.29) is 23.8 Å². The molecule has 1 unspecified atom stereocenters. The Kier molecular flexibility index (Phi) is 5.33. The van der Waals surface area contributed by atoms with Crippen LogP contribution in [0.2, 0.25) is 0 Å². The van der Waals surface area contributed by atoms with Crippen LogP contribution >= 0.6 is 0 Å². The lowest BCUT2D eigenvalue weighted by atomic mass is 10.0. The van der Waals surface area contributed by atoms with Gasteiger partial charge in [0.2, 0.25) is 0 Å². The number of hydrogen-bond acceptors (Lipinski definition) is 2. The number of amides is 2. The fourth-order valence-corrected chi connectivity index (χ4v) is 1.24. The van der Waals surface area contributed by atoms with Crippen LogP contribution in [0.25, 0.3) is 0 Å². The van der Waals surface area contributed by atoms with E-state index in [0.717, 1.165) is 0 Å². The Bertz CT molecular complexity index is 239. The van der Waals surface area contributed by atoms with Gasteiger partial charge in [0.1, 0.15) is 0 Å². The van der Waals surface area contributed by atoms with Crippen LogP contribution in [-0.2, 0) is 4.79 Å². The Morgan fingerprint density at radius 1 is 1.13 bits per heavy atom. The number of carbonyl (C=O) groups excluding carboxylic acids is 2. The standard InChI is InChI=1S/C11H22N2O2/c1-7-12(5)11(15)13(6)9(4)10(14)8(2)3/h8-9H,7H2,1-6H3. The van der Waals surface area contributed by atoms with Crippen LogP contribution in [0.1, 0.15) is 27.7 Å². The molecule has 0 heterocycles. The Hall–Kier alpha value is -1.06. The summed E-state index contributed by atoms with van der Waals surface area (Å²) in [5.41, 5.74) is 0. The average Bonchev–Trinajstić information content (AvgIpc) is 2.23. The van der Waals surface area contributed by atoms with Gasteiger partial charge in [0.05, 0.1) is 6.04 Å². The zero-order valence-corrected chi connectivity index (χ0v) is 10.6. The van der Waals surface area contributed by atoms with Gasteiger partial charge in [0.15, 0.2) is 5.78 Å². The lowest BCUT2D eigenvalue weighted by molar-refractivity contribution is -0.125. The molecule has 0 aromatic carbocycles. The Morgan fingerprint density at radius 2 is 1.60 bits per heavy atom. The van der Waals surface area contributed by atoms with E-state index in [2.05, 4.69) is 0 Å². The number of Topliss-reactive ketones (excluding diaryl/α,β-unsaturated/α-hetero) is 1. The summed E-state index contributed by atoms with van der Waals surface area (Å²) < 4.78 is 0. The van der Waals surface area contributed by atoms with E-state index in [9.17, 15) is 9.59 Å². The highest BCUT2D eigenvalue weighted by molar-refractivity contribution is 5.89. The van der Waals surface area contributed by atoms with Crippen molar-refractivity contribution in [3.63, 3.8) is 0 Å². The van der Waals surface area contributed by atoms with E-state index in [1.54, 1.807) is 25.9 Å². The summed E-state index contributed by atoms with van der Waals surface area (Å²) in [7, 11) is 3.39. The van der Waals surface area contributed by atoms with Crippen LogP contribution in [0.15, 0.2) is 0 Å². The number of ketones is 1. The third kappa shape index (κ3) is 3.53. The zero-order chi connectivity index (χ0) is 12.2. The summed E-state index contributed by atoms with van der Waals surface area (Å²) >= 11 is 0. The van der Waals surface area contributed by atoms with Crippen molar-refractivity contribution in [1.82, 2.24) is 9.80 Å². The van der Waals surface area contributed by atoms with Crippen molar-refractivity contribution in [2.24, 2.45) is 5.92 Å². The van der Waals surface area contributed by atoms with Crippen LogP contribution in [-0.4, -0.2) is 48.3 Å². The van der Waals surface area contributed by atoms with E-state index in [4.69, 9.17) is 0 Å². The van der Waals surface area contributed by atoms with E-state index in [0.29, 0.717) is 6.54 Å². The maximum absolute atomic E-state index is 11.7. The summed E-state index contributed by atoms with van der Waals surface area (Å²) in [6.07, 6.45) is 0. The van der Waals surface area contributed by atoms with Gasteiger partial charge in [-0.3, -0.25) is 4.79 Å². The van der Waals surface area contributed by atoms with Gasteiger partial charge >= 0.3 is 6.03 Å². The third-order valence-corrected chi connectivity index (χ3v) is 2.66. The van der Waals surface area contributed by atoms with Crippen molar-refractivity contribution < 1.29 is 9.59 Å². The molecule has 15 heavy (non-hydrogen) atoms. The molecule has 0 radical (unpaired) electrons. The van der Waals surface area contributed by atoms with Gasteiger partial charge in [-0.1, -0.05) is 13.8 Å². The van der Waals surface area contributed by atoms with Crippen LogP contribution in [0.5, 0.6) is 0 Å². The average molecular weight is 214 g/mol. The topological polar surface area (TPSA) is 40.6 Å². The first-order valence-electron chi connectivity index (χ1n) is 5.34. The molecule has 0 saturated carbocycles. The van der Waals surface area contributed by atoms with E-state index in [1.165, 1.54) is 4.90 Å². The van der Waals surface area contributed by atoms with Gasteiger partial charge in [0.25, 0.3) is 0 Å². The second-order valence-electron chi connectivity index (χ2n) is 4.14. The van der Waals surface area contributed by atoms with Gasteiger partial charge < -0.3 is 9.80 Å². The molecular weight excluding hydrogens is 192 g/mol. The van der Waals surface area contributed by atoms with Crippen molar-refractivity contribution in [2.45, 2.75) is 33.7 Å². The minimum atomic E-state index is -0.355. The molecule has 0 spiro atoms. The number of nitrogens with zero attached hydrogens (tertiary/aromatic N) is 2. The van der Waals surface area contributed by atoms with Crippen molar-refractivity contribution in [3.05, 3.63) is 0 Å². The van der Waals surface area contributed by atoms with E-state index >= 15 is 0 Å². The first kappa shape index (κ1) is 13.9. The number of urea groups is 1. The van der Waals surface area contributed by atoms with Crippen molar-refractivity contribution >= 4 is 11.8 Å². The molecule has 0 bridgehead atoms. The Labute approximate surface area is 92.2 Å². The smallest absolute Gasteiger partial charge is 0.320 e. The fraction of sp³-hybridized carbons (Fsp3) is 0.818. The molecule has 88 valence electrons. The molecule has 2 amide bonds. The monoisotopic (exact) mass is 214 g/mol. The SMILES string of the molecule is CCN(C)C(=O)N(C)C(C)C(=O)C(C)C. The molecule has 0 aliphatic rings. The Balaban J connectivity index is 4.50. The molecular formula is C11H22N2O2. The van der Waals surface area contributed by atoms with Gasteiger partial charge in [-0.15, -0.1) is 0 Å². The highest BCUT2D eigenvalue weighted by Gasteiger charge is 2.25. The van der Waals surface area contributed by atoms with E-state index in [1.807, 2.05) is 20.8 Å². The summed E-state index contributed by atoms with van der Waals surface area (Å²) in [5.74, 6) is 0.0533. The summed E-state index contributed by atoms with van der Waals surface area (Å²) in [6, 6.07) is -0.467. The van der Waals surface area contributed by atoms with Gasteiger partial charge in [0, 0.05) is 26.6 Å². The van der Waals surface area contributed by atoms with Crippen molar-refractivity contribution in [1.29, 1.82) is 0 Å². The minimum absolute atomic E-state index is 0.0396. The van der Waals surface area contributed by atoms with Gasteiger partial charge in [-0.25, -0.2) is 4.79 Å². The summed E-state index contributed by atoms with van der Waals surface area (Å²) in [5, 5.41) is 0. The molecule has 0 aromatic rings. The van der Waals surface area contributed by atoms with Crippen molar-refractivity contribution in [2.75, 3.05) is 20.6 Å². The minimum Gasteiger partial charge on any atom is -0.328 e. The lowest BCUT2D eigenvalue weighted by Crippen LogP contribution is -2.47. The number of carbonyl (C=O) groups is 2. The first-order chi connectivity index (χ1) is 6.82. The molecule has 0 aliphatic heterocycles. The van der Waals surface area contributed by atoms with Crippen LogP contribution < -0.4 is 0 Å². The van der Waals surface area contributed by atoms with Gasteiger partial charge in [-0.05, 0) is 13.8 Å². The Morgan fingerprint density at radius 3 is 1.93 bits per heavy atom. The third-order valence-electron chi connectivity index (χ3n) is 2.66. The molecule has 0 rings (SSSR count). The second-order valence-corrected chi connectivity index (χ2v) is 4.14. The number of likely N-dealkylation sites (N-methyl/N-ethyl adjacent to an activating group) is 1. The second kappa shape index (κ2) is 5.73. The molecule has 0 aliphatic carbocycles. The highest BCUT2D eigenvalue weighted by atomic mass is 16.2. The molecule has 0 saturated heterocycles. The highest BCUT2D eigenvalue weighted by Crippen LogP contribution is 2.07. The lowest BCUT2D eigenvalue weighted by Gasteiger charge is -2.29. The van der Waals surface area contributed by atoms with Gasteiger partial charge in [-0.2, -0.15) is 0 Å². The van der Waals surface area contributed by atoms with Crippen LogP contribution in [0.3, 0.4) is 0 Å². The fourth-order valence-electron chi connectivity index (χ4n) is 1.24. The normalized spacial score (nSPS) is 12.5. The molecule has 4 nitrogen and oxygen atoms in total. The predicted molar refractivity (Wildman–Crippen MR) is 60.8 cm³/mol. The summed E-state index contributed by atoms with van der Waals surface area (Å²) in [4.78, 5) is 26.5. The molecule has 1 atom stereocenters. The number of rotatable bonds is 4. The largest absolute Gasteiger partial charge is 0.328 e. The number of hydrogen-bond donors (Lipinski definition) is 0. The maximum atomic E-state index is 11.7. The predicted octanol–water partition coefficient (Wildman–Crippen LogP) is 1.60. The molecule has 0 fully saturated rings. The van der Waals surface area contributed by atoms with Crippen LogP contribution in [0.4, 0.5) is 4.79 Å². The zero-order valence-electron chi connectivity index (χ0n) is 10.6. The maximum Gasteiger partial charge on any atom is 0.320 e. The van der Waals surface area contributed by atoms with E-state index < -0.39 is 0 Å². The first-order valence-corrected chi connectivity index (χ1v) is 5.34. The molecule has 0 aromatic heterocycles. The van der Waals surface area contributed by atoms with Crippen molar-refractivity contribution in [3.8, 4) is 0 Å². The quantitative estimate of drug-likeness (QED) is 0.713. The molecule has 4 heteroatoms. The molecule has 0 N–H and O–H groups in total.